The van der Waals surface area contributed by atoms with Crippen molar-refractivity contribution in [2.24, 2.45) is 5.73 Å². The lowest BCUT2D eigenvalue weighted by molar-refractivity contribution is -0.275. The number of benzene rings is 1. The van der Waals surface area contributed by atoms with E-state index in [1.165, 1.54) is 18.2 Å². The number of aliphatic hydroxyl groups excluding tert-OH is 1. The maximum absolute atomic E-state index is 12.4. The van der Waals surface area contributed by atoms with Crippen molar-refractivity contribution in [2.75, 3.05) is 0 Å². The van der Waals surface area contributed by atoms with Gasteiger partial charge in [0.05, 0.1) is 12.1 Å². The first-order valence-corrected chi connectivity index (χ1v) is 7.02. The molecule has 0 bridgehead atoms. The summed E-state index contributed by atoms with van der Waals surface area (Å²) in [7, 11) is 0. The van der Waals surface area contributed by atoms with E-state index in [2.05, 4.69) is 20.7 Å². The minimum atomic E-state index is -4.79. The van der Waals surface area contributed by atoms with Crippen molar-refractivity contribution in [1.82, 2.24) is 0 Å². The van der Waals surface area contributed by atoms with E-state index in [9.17, 15) is 18.3 Å². The minimum absolute atomic E-state index is 0.125. The van der Waals surface area contributed by atoms with Gasteiger partial charge in [-0.25, -0.2) is 0 Å². The van der Waals surface area contributed by atoms with E-state index in [1.807, 2.05) is 6.92 Å². The third kappa shape index (κ3) is 5.30. The van der Waals surface area contributed by atoms with E-state index in [1.54, 1.807) is 0 Å². The molecule has 7 heteroatoms. The predicted octanol–water partition coefficient (Wildman–Crippen LogP) is 3.90. The Hall–Kier alpha value is -0.790. The molecule has 0 fully saturated rings. The van der Waals surface area contributed by atoms with E-state index in [0.717, 1.165) is 12.8 Å². The monoisotopic (exact) mass is 355 g/mol. The molecule has 1 aromatic rings. The van der Waals surface area contributed by atoms with Crippen molar-refractivity contribution < 1.29 is 23.0 Å². The standard InChI is InChI=1S/C13H17BrF3NO2/c1-2-3-4-10(19)12(18)9-7-8(14)5-6-11(9)20-13(15,16)17/h5-7,10,12,19H,2-4,18H2,1H3/t10-,12+/m1/s1. The van der Waals surface area contributed by atoms with Gasteiger partial charge in [-0.05, 0) is 24.6 Å². The van der Waals surface area contributed by atoms with Crippen LogP contribution in [0.25, 0.3) is 0 Å². The Kier molecular flexibility index (Phi) is 6.29. The molecule has 1 aromatic carbocycles. The number of unbranched alkanes of at least 4 members (excludes halogenated alkanes) is 1. The Balaban J connectivity index is 2.99. The van der Waals surface area contributed by atoms with Gasteiger partial charge in [0.25, 0.3) is 0 Å². The zero-order valence-electron chi connectivity index (χ0n) is 11.0. The van der Waals surface area contributed by atoms with Crippen molar-refractivity contribution in [3.8, 4) is 5.75 Å². The number of rotatable bonds is 6. The van der Waals surface area contributed by atoms with Gasteiger partial charge < -0.3 is 15.6 Å². The lowest BCUT2D eigenvalue weighted by Gasteiger charge is -2.22. The SMILES string of the molecule is CCCC[C@@H](O)[C@@H](N)c1cc(Br)ccc1OC(F)(F)F. The van der Waals surface area contributed by atoms with Gasteiger partial charge in [0.1, 0.15) is 5.75 Å². The van der Waals surface area contributed by atoms with Gasteiger partial charge in [-0.15, -0.1) is 13.2 Å². The van der Waals surface area contributed by atoms with Crippen LogP contribution < -0.4 is 10.5 Å². The summed E-state index contributed by atoms with van der Waals surface area (Å²) in [6.45, 7) is 1.95. The molecule has 114 valence electrons. The van der Waals surface area contributed by atoms with Crippen LogP contribution in [0.15, 0.2) is 22.7 Å². The summed E-state index contributed by atoms with van der Waals surface area (Å²) in [5.41, 5.74) is 5.97. The molecule has 0 amide bonds. The van der Waals surface area contributed by atoms with E-state index in [-0.39, 0.29) is 11.3 Å². The molecule has 1 rings (SSSR count). The van der Waals surface area contributed by atoms with Gasteiger partial charge in [-0.1, -0.05) is 35.7 Å². The first-order chi connectivity index (χ1) is 9.24. The first-order valence-electron chi connectivity index (χ1n) is 6.23. The van der Waals surface area contributed by atoms with Crippen molar-refractivity contribution in [3.05, 3.63) is 28.2 Å². The summed E-state index contributed by atoms with van der Waals surface area (Å²) in [6, 6.07) is 3.10. The van der Waals surface area contributed by atoms with Gasteiger partial charge in [-0.2, -0.15) is 0 Å². The highest BCUT2D eigenvalue weighted by atomic mass is 79.9. The van der Waals surface area contributed by atoms with E-state index in [0.29, 0.717) is 10.9 Å². The highest BCUT2D eigenvalue weighted by Crippen LogP contribution is 2.33. The third-order valence-corrected chi connectivity index (χ3v) is 3.32. The lowest BCUT2D eigenvalue weighted by Crippen LogP contribution is -2.28. The van der Waals surface area contributed by atoms with Crippen molar-refractivity contribution in [2.45, 2.75) is 44.7 Å². The van der Waals surface area contributed by atoms with Crippen molar-refractivity contribution in [1.29, 1.82) is 0 Å². The second kappa shape index (κ2) is 7.28. The van der Waals surface area contributed by atoms with Crippen LogP contribution in [0.3, 0.4) is 0 Å². The van der Waals surface area contributed by atoms with Crippen LogP contribution in [-0.4, -0.2) is 17.6 Å². The van der Waals surface area contributed by atoms with E-state index < -0.39 is 18.5 Å². The predicted molar refractivity (Wildman–Crippen MR) is 73.3 cm³/mol. The average Bonchev–Trinajstić information content (AvgIpc) is 2.35. The van der Waals surface area contributed by atoms with Crippen LogP contribution in [0.5, 0.6) is 5.75 Å². The Morgan fingerprint density at radius 2 is 2.05 bits per heavy atom. The Bertz CT molecular complexity index is 440. The number of hydrogen-bond acceptors (Lipinski definition) is 3. The van der Waals surface area contributed by atoms with E-state index >= 15 is 0 Å². The molecule has 0 radical (unpaired) electrons. The molecule has 0 heterocycles. The molecule has 3 nitrogen and oxygen atoms in total. The molecule has 0 aliphatic carbocycles. The largest absolute Gasteiger partial charge is 0.573 e. The van der Waals surface area contributed by atoms with Gasteiger partial charge >= 0.3 is 6.36 Å². The second-order valence-electron chi connectivity index (χ2n) is 4.47. The Morgan fingerprint density at radius 3 is 2.60 bits per heavy atom. The van der Waals surface area contributed by atoms with Crippen LogP contribution >= 0.6 is 15.9 Å². The summed E-state index contributed by atoms with van der Waals surface area (Å²) >= 11 is 3.17. The minimum Gasteiger partial charge on any atom is -0.405 e. The average molecular weight is 356 g/mol. The number of ether oxygens (including phenoxy) is 1. The van der Waals surface area contributed by atoms with Gasteiger partial charge in [0.15, 0.2) is 0 Å². The summed E-state index contributed by atoms with van der Waals surface area (Å²) in [5.74, 6) is -0.385. The zero-order chi connectivity index (χ0) is 15.3. The molecule has 20 heavy (non-hydrogen) atoms. The molecular formula is C13H17BrF3NO2. The topological polar surface area (TPSA) is 55.5 Å². The Labute approximate surface area is 124 Å². The smallest absolute Gasteiger partial charge is 0.405 e. The van der Waals surface area contributed by atoms with E-state index in [4.69, 9.17) is 5.73 Å². The molecule has 2 atom stereocenters. The second-order valence-corrected chi connectivity index (χ2v) is 5.38. The lowest BCUT2D eigenvalue weighted by atomic mass is 9.97. The number of alkyl halides is 3. The Morgan fingerprint density at radius 1 is 1.40 bits per heavy atom. The fourth-order valence-electron chi connectivity index (χ4n) is 1.80. The van der Waals surface area contributed by atoms with Gasteiger partial charge in [-0.3, -0.25) is 0 Å². The highest BCUT2D eigenvalue weighted by molar-refractivity contribution is 9.10. The van der Waals surface area contributed by atoms with Crippen LogP contribution in [0.4, 0.5) is 13.2 Å². The summed E-state index contributed by atoms with van der Waals surface area (Å²) in [4.78, 5) is 0. The fraction of sp³-hybridized carbons (Fsp3) is 0.538. The molecule has 0 unspecified atom stereocenters. The molecule has 0 aromatic heterocycles. The highest BCUT2D eigenvalue weighted by Gasteiger charge is 2.33. The van der Waals surface area contributed by atoms with Crippen LogP contribution in [-0.2, 0) is 0 Å². The summed E-state index contributed by atoms with van der Waals surface area (Å²) < 4.78 is 41.6. The molecule has 0 aliphatic heterocycles. The van der Waals surface area contributed by atoms with Crippen molar-refractivity contribution >= 4 is 15.9 Å². The zero-order valence-corrected chi connectivity index (χ0v) is 12.5. The molecule has 0 saturated heterocycles. The number of hydrogen-bond donors (Lipinski definition) is 2. The fourth-order valence-corrected chi connectivity index (χ4v) is 2.18. The molecule has 0 saturated carbocycles. The van der Waals surface area contributed by atoms with Crippen LogP contribution in [0.2, 0.25) is 0 Å². The maximum Gasteiger partial charge on any atom is 0.573 e. The first kappa shape index (κ1) is 17.3. The van der Waals surface area contributed by atoms with Gasteiger partial charge in [0.2, 0.25) is 0 Å². The molecule has 0 aliphatic rings. The quantitative estimate of drug-likeness (QED) is 0.813. The maximum atomic E-state index is 12.4. The molecule has 0 spiro atoms. The summed E-state index contributed by atoms with van der Waals surface area (Å²) in [5, 5.41) is 9.94. The molecule has 3 N–H and O–H groups in total. The number of nitrogens with two attached hydrogens (primary N) is 1. The third-order valence-electron chi connectivity index (χ3n) is 2.82. The number of aliphatic hydroxyl groups is 1. The normalized spacial score (nSPS) is 14.9. The molecular weight excluding hydrogens is 339 g/mol. The van der Waals surface area contributed by atoms with Gasteiger partial charge in [0, 0.05) is 10.0 Å². The van der Waals surface area contributed by atoms with Crippen molar-refractivity contribution in [3.63, 3.8) is 0 Å². The van der Waals surface area contributed by atoms with Crippen LogP contribution in [0, 0.1) is 0 Å². The van der Waals surface area contributed by atoms with Crippen LogP contribution in [0.1, 0.15) is 37.8 Å². The number of halogens is 4. The summed E-state index contributed by atoms with van der Waals surface area (Å²) in [6.07, 6.45) is -3.67.